The molecule has 0 heterocycles. The number of benzene rings is 1. The van der Waals surface area contributed by atoms with E-state index in [9.17, 15) is 22.8 Å². The summed E-state index contributed by atoms with van der Waals surface area (Å²) in [6.45, 7) is 1.77. The van der Waals surface area contributed by atoms with Gasteiger partial charge in [0.1, 0.15) is 11.6 Å². The SMILES string of the molecule is CBc1cc(C2CC(=O)CC(=O)C2)cc(C(F)(F)F)c1. The Morgan fingerprint density at radius 2 is 1.70 bits per heavy atom. The van der Waals surface area contributed by atoms with Crippen molar-refractivity contribution < 1.29 is 22.8 Å². The number of hydrogen-bond acceptors (Lipinski definition) is 2. The maximum atomic E-state index is 12.9. The van der Waals surface area contributed by atoms with E-state index < -0.39 is 17.7 Å². The lowest BCUT2D eigenvalue weighted by molar-refractivity contribution is -0.137. The van der Waals surface area contributed by atoms with E-state index in [0.717, 1.165) is 12.1 Å². The quantitative estimate of drug-likeness (QED) is 0.615. The van der Waals surface area contributed by atoms with Crippen LogP contribution in [0.15, 0.2) is 18.2 Å². The van der Waals surface area contributed by atoms with Crippen LogP contribution in [0.4, 0.5) is 13.2 Å². The summed E-state index contributed by atoms with van der Waals surface area (Å²) in [7, 11) is 0.478. The molecule has 0 atom stereocenters. The number of rotatable bonds is 2. The highest BCUT2D eigenvalue weighted by Crippen LogP contribution is 2.34. The molecule has 1 saturated carbocycles. The van der Waals surface area contributed by atoms with Gasteiger partial charge in [0.2, 0.25) is 0 Å². The second-order valence-corrected chi connectivity index (χ2v) is 5.17. The molecule has 0 bridgehead atoms. The Hall–Kier alpha value is -1.59. The normalized spacial score (nSPS) is 17.4. The predicted octanol–water partition coefficient (Wildman–Crippen LogP) is 2.22. The summed E-state index contributed by atoms with van der Waals surface area (Å²) in [4.78, 5) is 22.9. The van der Waals surface area contributed by atoms with Crippen molar-refractivity contribution >= 4 is 24.3 Å². The van der Waals surface area contributed by atoms with Crippen LogP contribution >= 0.6 is 0 Å². The van der Waals surface area contributed by atoms with Gasteiger partial charge in [-0.15, -0.1) is 0 Å². The summed E-state index contributed by atoms with van der Waals surface area (Å²) < 4.78 is 38.6. The first-order valence-corrected chi connectivity index (χ1v) is 6.54. The molecule has 2 rings (SSSR count). The van der Waals surface area contributed by atoms with Gasteiger partial charge in [0.25, 0.3) is 0 Å². The molecule has 1 aromatic rings. The predicted molar refractivity (Wildman–Crippen MR) is 70.7 cm³/mol. The minimum Gasteiger partial charge on any atom is -0.299 e. The van der Waals surface area contributed by atoms with E-state index in [4.69, 9.17) is 0 Å². The first-order chi connectivity index (χ1) is 9.29. The van der Waals surface area contributed by atoms with Crippen LogP contribution in [0.3, 0.4) is 0 Å². The molecule has 1 aliphatic rings. The van der Waals surface area contributed by atoms with Gasteiger partial charge in [-0.05, 0) is 17.5 Å². The Labute approximate surface area is 115 Å². The van der Waals surface area contributed by atoms with E-state index in [1.54, 1.807) is 12.9 Å². The van der Waals surface area contributed by atoms with Crippen molar-refractivity contribution in [2.75, 3.05) is 0 Å². The minimum absolute atomic E-state index is 0.0872. The molecule has 0 saturated heterocycles. The van der Waals surface area contributed by atoms with Gasteiger partial charge in [-0.2, -0.15) is 13.2 Å². The maximum Gasteiger partial charge on any atom is 0.416 e. The van der Waals surface area contributed by atoms with Crippen LogP contribution in [0.1, 0.15) is 36.3 Å². The highest BCUT2D eigenvalue weighted by atomic mass is 19.4. The first-order valence-electron chi connectivity index (χ1n) is 6.54. The Kier molecular flexibility index (Phi) is 4.02. The fraction of sp³-hybridized carbons (Fsp3) is 0.429. The summed E-state index contributed by atoms with van der Waals surface area (Å²) in [5, 5.41) is 0. The molecule has 0 spiro atoms. The summed E-state index contributed by atoms with van der Waals surface area (Å²) in [5.74, 6) is -0.806. The monoisotopic (exact) mass is 282 g/mol. The van der Waals surface area contributed by atoms with Gasteiger partial charge in [0.05, 0.1) is 12.0 Å². The molecule has 0 aliphatic heterocycles. The lowest BCUT2D eigenvalue weighted by atomic mass is 9.70. The van der Waals surface area contributed by atoms with Gasteiger partial charge in [0, 0.05) is 12.8 Å². The summed E-state index contributed by atoms with van der Waals surface area (Å²) >= 11 is 0. The van der Waals surface area contributed by atoms with Gasteiger partial charge in [-0.3, -0.25) is 9.59 Å². The second-order valence-electron chi connectivity index (χ2n) is 5.17. The zero-order valence-electron chi connectivity index (χ0n) is 11.1. The number of alkyl halides is 3. The fourth-order valence-electron chi connectivity index (χ4n) is 2.54. The third kappa shape index (κ3) is 3.29. The second kappa shape index (κ2) is 5.42. The lowest BCUT2D eigenvalue weighted by Crippen LogP contribution is -2.24. The number of carbonyl (C=O) groups is 2. The Morgan fingerprint density at radius 3 is 2.20 bits per heavy atom. The molecule has 1 fully saturated rings. The van der Waals surface area contributed by atoms with E-state index >= 15 is 0 Å². The molecule has 6 heteroatoms. The van der Waals surface area contributed by atoms with Crippen molar-refractivity contribution in [3.8, 4) is 0 Å². The van der Waals surface area contributed by atoms with E-state index in [2.05, 4.69) is 0 Å². The highest BCUT2D eigenvalue weighted by Gasteiger charge is 2.33. The summed E-state index contributed by atoms with van der Waals surface area (Å²) in [5.41, 5.74) is 0.302. The zero-order chi connectivity index (χ0) is 14.9. The lowest BCUT2D eigenvalue weighted by Gasteiger charge is -2.22. The van der Waals surface area contributed by atoms with Crippen molar-refractivity contribution in [3.63, 3.8) is 0 Å². The van der Waals surface area contributed by atoms with Crippen LogP contribution in [-0.2, 0) is 15.8 Å². The Morgan fingerprint density at radius 1 is 1.10 bits per heavy atom. The van der Waals surface area contributed by atoms with Crippen LogP contribution in [0.2, 0.25) is 6.82 Å². The molecule has 0 N–H and O–H groups in total. The average molecular weight is 282 g/mol. The number of Topliss-reactive ketones (excluding diaryl/α,β-unsaturated/α-hetero) is 2. The van der Waals surface area contributed by atoms with Gasteiger partial charge >= 0.3 is 6.18 Å². The highest BCUT2D eigenvalue weighted by molar-refractivity contribution is 6.52. The first kappa shape index (κ1) is 14.8. The maximum absolute atomic E-state index is 12.9. The van der Waals surface area contributed by atoms with Crippen molar-refractivity contribution in [1.82, 2.24) is 0 Å². The molecular formula is C14H14BF3O2. The van der Waals surface area contributed by atoms with Crippen molar-refractivity contribution in [2.45, 2.75) is 38.2 Å². The van der Waals surface area contributed by atoms with Crippen LogP contribution < -0.4 is 5.46 Å². The number of hydrogen-bond donors (Lipinski definition) is 0. The smallest absolute Gasteiger partial charge is 0.299 e. The molecule has 1 aliphatic carbocycles. The van der Waals surface area contributed by atoms with E-state index in [0.29, 0.717) is 18.3 Å². The zero-order valence-corrected chi connectivity index (χ0v) is 11.1. The van der Waals surface area contributed by atoms with Crippen LogP contribution in [0.5, 0.6) is 0 Å². The molecule has 20 heavy (non-hydrogen) atoms. The largest absolute Gasteiger partial charge is 0.416 e. The molecule has 0 radical (unpaired) electrons. The van der Waals surface area contributed by atoms with Gasteiger partial charge < -0.3 is 0 Å². The van der Waals surface area contributed by atoms with E-state index in [1.165, 1.54) is 0 Å². The van der Waals surface area contributed by atoms with Crippen LogP contribution in [0.25, 0.3) is 0 Å². The topological polar surface area (TPSA) is 34.1 Å². The average Bonchev–Trinajstić information content (AvgIpc) is 2.36. The van der Waals surface area contributed by atoms with Crippen LogP contribution in [0, 0.1) is 0 Å². The fourth-order valence-corrected chi connectivity index (χ4v) is 2.54. The van der Waals surface area contributed by atoms with Gasteiger partial charge in [0.15, 0.2) is 7.28 Å². The number of carbonyl (C=O) groups excluding carboxylic acids is 2. The molecule has 0 amide bonds. The van der Waals surface area contributed by atoms with Crippen molar-refractivity contribution in [2.24, 2.45) is 0 Å². The van der Waals surface area contributed by atoms with Gasteiger partial charge in [-0.1, -0.05) is 24.4 Å². The Bertz CT molecular complexity index is 536. The number of ketones is 2. The number of halogens is 3. The van der Waals surface area contributed by atoms with Crippen LogP contribution in [-0.4, -0.2) is 18.8 Å². The third-order valence-corrected chi connectivity index (χ3v) is 3.56. The molecule has 0 unspecified atom stereocenters. The van der Waals surface area contributed by atoms with E-state index in [-0.39, 0.29) is 30.8 Å². The van der Waals surface area contributed by atoms with E-state index in [1.807, 2.05) is 0 Å². The Balaban J connectivity index is 2.40. The molecule has 0 aromatic heterocycles. The summed E-state index contributed by atoms with van der Waals surface area (Å²) in [6, 6.07) is 3.86. The minimum atomic E-state index is -4.41. The van der Waals surface area contributed by atoms with Gasteiger partial charge in [-0.25, -0.2) is 0 Å². The molecule has 2 nitrogen and oxygen atoms in total. The standard InChI is InChI=1S/C14H14BF3O2/c1-15-11-3-8(2-10(6-11)14(16,17)18)9-4-12(19)7-13(20)5-9/h2-3,6,9,15H,4-5,7H2,1H3. The molecular weight excluding hydrogens is 268 g/mol. The summed E-state index contributed by atoms with van der Waals surface area (Å²) in [6.07, 6.45) is -4.20. The van der Waals surface area contributed by atoms with Crippen molar-refractivity contribution in [3.05, 3.63) is 29.3 Å². The molecule has 106 valence electrons. The van der Waals surface area contributed by atoms with Crippen molar-refractivity contribution in [1.29, 1.82) is 0 Å². The third-order valence-electron chi connectivity index (χ3n) is 3.56. The molecule has 1 aromatic carbocycles.